The molecule has 2 atom stereocenters. The number of carboxylic acids is 1. The summed E-state index contributed by atoms with van der Waals surface area (Å²) in [5.41, 5.74) is 0. The van der Waals surface area contributed by atoms with Gasteiger partial charge in [0.15, 0.2) is 0 Å². The average molecular weight is 200 g/mol. The lowest BCUT2D eigenvalue weighted by Gasteiger charge is -2.14. The molecule has 0 saturated heterocycles. The van der Waals surface area contributed by atoms with Gasteiger partial charge in [-0.1, -0.05) is 19.3 Å². The summed E-state index contributed by atoms with van der Waals surface area (Å²) in [7, 11) is -1.25. The van der Waals surface area contributed by atoms with Gasteiger partial charge >= 0.3 is 13.1 Å². The summed E-state index contributed by atoms with van der Waals surface area (Å²) in [6.07, 6.45) is 4.59. The second-order valence-corrected chi connectivity index (χ2v) is 4.05. The third-order valence-corrected chi connectivity index (χ3v) is 3.01. The molecule has 0 heterocycles. The van der Waals surface area contributed by atoms with Crippen molar-refractivity contribution in [2.75, 3.05) is 0 Å². The van der Waals surface area contributed by atoms with Crippen molar-refractivity contribution in [2.24, 2.45) is 11.8 Å². The van der Waals surface area contributed by atoms with Gasteiger partial charge in [0.2, 0.25) is 0 Å². The van der Waals surface area contributed by atoms with Gasteiger partial charge in [0.1, 0.15) is 0 Å². The van der Waals surface area contributed by atoms with Gasteiger partial charge in [-0.15, -0.1) is 0 Å². The molecule has 1 saturated carbocycles. The highest BCUT2D eigenvalue weighted by Crippen LogP contribution is 2.35. The van der Waals surface area contributed by atoms with Gasteiger partial charge in [0.05, 0.1) is 5.92 Å². The normalized spacial score (nSPS) is 26.4. The van der Waals surface area contributed by atoms with E-state index in [1.54, 1.807) is 0 Å². The van der Waals surface area contributed by atoms with Crippen molar-refractivity contribution in [3.05, 3.63) is 0 Å². The molecule has 1 aliphatic rings. The van der Waals surface area contributed by atoms with Crippen molar-refractivity contribution >= 4 is 13.1 Å². The van der Waals surface area contributed by atoms with E-state index in [-0.39, 0.29) is 11.8 Å². The van der Waals surface area contributed by atoms with Gasteiger partial charge < -0.3 is 15.2 Å². The van der Waals surface area contributed by atoms with Gasteiger partial charge in [-0.2, -0.15) is 0 Å². The smallest absolute Gasteiger partial charge is 0.451 e. The Morgan fingerprint density at radius 3 is 2.64 bits per heavy atom. The van der Waals surface area contributed by atoms with E-state index in [0.717, 1.165) is 25.7 Å². The lowest BCUT2D eigenvalue weighted by Crippen LogP contribution is -2.19. The maximum Gasteiger partial charge on any atom is 0.451 e. The number of aliphatic carboxylic acids is 1. The Morgan fingerprint density at radius 1 is 1.36 bits per heavy atom. The van der Waals surface area contributed by atoms with E-state index in [1.165, 1.54) is 0 Å². The number of hydrogen-bond donors (Lipinski definition) is 3. The zero-order valence-corrected chi connectivity index (χ0v) is 8.22. The van der Waals surface area contributed by atoms with Crippen LogP contribution in [0.3, 0.4) is 0 Å². The molecule has 4 nitrogen and oxygen atoms in total. The Balaban J connectivity index is 2.26. The topological polar surface area (TPSA) is 77.8 Å². The monoisotopic (exact) mass is 200 g/mol. The molecule has 5 heteroatoms. The molecule has 3 N–H and O–H groups in total. The maximum atomic E-state index is 10.8. The number of rotatable bonds is 5. The van der Waals surface area contributed by atoms with Crippen LogP contribution in [0.5, 0.6) is 0 Å². The summed E-state index contributed by atoms with van der Waals surface area (Å²) in [6.45, 7) is 0. The van der Waals surface area contributed by atoms with Crippen molar-refractivity contribution in [1.82, 2.24) is 0 Å². The molecule has 14 heavy (non-hydrogen) atoms. The zero-order valence-electron chi connectivity index (χ0n) is 8.22. The minimum Gasteiger partial charge on any atom is -0.481 e. The first kappa shape index (κ1) is 11.5. The van der Waals surface area contributed by atoms with Gasteiger partial charge in [-0.25, -0.2) is 0 Å². The highest BCUT2D eigenvalue weighted by Gasteiger charge is 2.32. The summed E-state index contributed by atoms with van der Waals surface area (Å²) in [5, 5.41) is 26.2. The number of carbonyl (C=O) groups is 1. The van der Waals surface area contributed by atoms with Crippen molar-refractivity contribution in [3.63, 3.8) is 0 Å². The van der Waals surface area contributed by atoms with Crippen molar-refractivity contribution < 1.29 is 19.9 Å². The fraction of sp³-hybridized carbons (Fsp3) is 0.889. The molecule has 1 fully saturated rings. The highest BCUT2D eigenvalue weighted by molar-refractivity contribution is 6.40. The van der Waals surface area contributed by atoms with Crippen LogP contribution in [0, 0.1) is 11.8 Å². The lowest BCUT2D eigenvalue weighted by molar-refractivity contribution is -0.143. The SMILES string of the molecule is O=C(O)[C@@H]1CCCC1CCCB(O)O. The second-order valence-electron chi connectivity index (χ2n) is 4.05. The Labute approximate surface area is 84.1 Å². The third-order valence-electron chi connectivity index (χ3n) is 3.01. The van der Waals surface area contributed by atoms with Crippen LogP contribution in [0.1, 0.15) is 32.1 Å². The fourth-order valence-corrected chi connectivity index (χ4v) is 2.27. The molecule has 0 bridgehead atoms. The predicted octanol–water partition coefficient (Wildman–Crippen LogP) is 0.740. The first-order valence-corrected chi connectivity index (χ1v) is 5.20. The average Bonchev–Trinajstić information content (AvgIpc) is 2.51. The molecule has 80 valence electrons. The molecular weight excluding hydrogens is 183 g/mol. The predicted molar refractivity (Wildman–Crippen MR) is 52.7 cm³/mol. The van der Waals surface area contributed by atoms with Crippen LogP contribution in [0.25, 0.3) is 0 Å². The minimum atomic E-state index is -1.25. The third kappa shape index (κ3) is 3.31. The summed E-state index contributed by atoms with van der Waals surface area (Å²) in [5.74, 6) is -0.658. The summed E-state index contributed by atoms with van der Waals surface area (Å²) in [4.78, 5) is 10.8. The minimum absolute atomic E-state index is 0.203. The van der Waals surface area contributed by atoms with E-state index in [0.29, 0.717) is 12.7 Å². The zero-order chi connectivity index (χ0) is 10.6. The number of carboxylic acid groups (broad SMARTS) is 1. The van der Waals surface area contributed by atoms with Crippen LogP contribution >= 0.6 is 0 Å². The van der Waals surface area contributed by atoms with E-state index < -0.39 is 13.1 Å². The first-order chi connectivity index (χ1) is 6.61. The Bertz CT molecular complexity index is 195. The molecular formula is C9H17BO4. The van der Waals surface area contributed by atoms with Crippen LogP contribution in [0.2, 0.25) is 6.32 Å². The van der Waals surface area contributed by atoms with E-state index in [2.05, 4.69) is 0 Å². The van der Waals surface area contributed by atoms with Gasteiger partial charge in [0, 0.05) is 0 Å². The summed E-state index contributed by atoms with van der Waals surface area (Å²) in [6, 6.07) is 0. The van der Waals surface area contributed by atoms with Crippen LogP contribution < -0.4 is 0 Å². The van der Waals surface area contributed by atoms with Crippen molar-refractivity contribution in [1.29, 1.82) is 0 Å². The molecule has 0 aliphatic heterocycles. The molecule has 0 aromatic rings. The van der Waals surface area contributed by atoms with Crippen molar-refractivity contribution in [3.8, 4) is 0 Å². The maximum absolute atomic E-state index is 10.8. The Hall–Kier alpha value is -0.545. The van der Waals surface area contributed by atoms with Crippen molar-refractivity contribution in [2.45, 2.75) is 38.4 Å². The fourth-order valence-electron chi connectivity index (χ4n) is 2.27. The van der Waals surface area contributed by atoms with Gasteiger partial charge in [-0.3, -0.25) is 4.79 Å². The number of hydrogen-bond acceptors (Lipinski definition) is 3. The molecule has 0 radical (unpaired) electrons. The van der Waals surface area contributed by atoms with Crippen LogP contribution in [-0.4, -0.2) is 28.2 Å². The van der Waals surface area contributed by atoms with E-state index >= 15 is 0 Å². The van der Waals surface area contributed by atoms with E-state index in [1.807, 2.05) is 0 Å². The van der Waals surface area contributed by atoms with E-state index in [4.69, 9.17) is 15.2 Å². The van der Waals surface area contributed by atoms with Gasteiger partial charge in [0.25, 0.3) is 0 Å². The van der Waals surface area contributed by atoms with Crippen LogP contribution in [0.4, 0.5) is 0 Å². The first-order valence-electron chi connectivity index (χ1n) is 5.20. The molecule has 1 aliphatic carbocycles. The molecule has 0 spiro atoms. The highest BCUT2D eigenvalue weighted by atomic mass is 16.4. The largest absolute Gasteiger partial charge is 0.481 e. The standard InChI is InChI=1S/C9H17BO4/c11-9(12)8-5-1-3-7(8)4-2-6-10(13)14/h7-8,13-14H,1-6H2,(H,11,12)/t7?,8-/m1/s1. The quantitative estimate of drug-likeness (QED) is 0.572. The van der Waals surface area contributed by atoms with Crippen LogP contribution in [-0.2, 0) is 4.79 Å². The molecule has 0 aromatic carbocycles. The summed E-state index contributed by atoms with van der Waals surface area (Å²) >= 11 is 0. The van der Waals surface area contributed by atoms with Gasteiger partial charge in [-0.05, 0) is 25.1 Å². The molecule has 1 unspecified atom stereocenters. The molecule has 1 rings (SSSR count). The molecule has 0 aromatic heterocycles. The van der Waals surface area contributed by atoms with Crippen LogP contribution in [0.15, 0.2) is 0 Å². The van der Waals surface area contributed by atoms with E-state index in [9.17, 15) is 4.79 Å². The second kappa shape index (κ2) is 5.36. The summed E-state index contributed by atoms with van der Waals surface area (Å²) < 4.78 is 0. The molecule has 0 amide bonds. The Morgan fingerprint density at radius 2 is 2.07 bits per heavy atom. The lowest BCUT2D eigenvalue weighted by atomic mass is 9.80. The Kier molecular flexibility index (Phi) is 4.42.